The number of aromatic nitrogens is 4. The highest BCUT2D eigenvalue weighted by Crippen LogP contribution is 2.44. The zero-order chi connectivity index (χ0) is 36.0. The molecule has 256 valence electrons. The number of rotatable bonds is 4. The zero-order valence-corrected chi connectivity index (χ0v) is 29.5. The molecular formula is C50H30N4O. The van der Waals surface area contributed by atoms with E-state index in [0.29, 0.717) is 5.82 Å². The second-order valence-electron chi connectivity index (χ2n) is 14.2. The van der Waals surface area contributed by atoms with Crippen LogP contribution in [-0.2, 0) is 0 Å². The Morgan fingerprint density at radius 1 is 0.382 bits per heavy atom. The van der Waals surface area contributed by atoms with Crippen molar-refractivity contribution in [3.8, 4) is 34.0 Å². The van der Waals surface area contributed by atoms with Crippen molar-refractivity contribution in [2.75, 3.05) is 0 Å². The van der Waals surface area contributed by atoms with E-state index >= 15 is 0 Å². The van der Waals surface area contributed by atoms with Gasteiger partial charge in [0.25, 0.3) is 0 Å². The molecule has 0 fully saturated rings. The van der Waals surface area contributed by atoms with E-state index in [1.54, 1.807) is 0 Å². The molecule has 0 aliphatic rings. The highest BCUT2D eigenvalue weighted by atomic mass is 16.3. The van der Waals surface area contributed by atoms with Crippen LogP contribution in [-0.4, -0.2) is 19.1 Å². The molecule has 12 rings (SSSR count). The van der Waals surface area contributed by atoms with Crippen LogP contribution in [0.3, 0.4) is 0 Å². The minimum atomic E-state index is 0.707. The Bertz CT molecular complexity index is 3470. The van der Waals surface area contributed by atoms with Gasteiger partial charge in [0.1, 0.15) is 11.2 Å². The summed E-state index contributed by atoms with van der Waals surface area (Å²) < 4.78 is 11.2. The van der Waals surface area contributed by atoms with Crippen LogP contribution in [0.5, 0.6) is 0 Å². The zero-order valence-electron chi connectivity index (χ0n) is 29.5. The molecule has 5 nitrogen and oxygen atoms in total. The molecule has 0 radical (unpaired) electrons. The van der Waals surface area contributed by atoms with Crippen LogP contribution in [0.25, 0.3) is 110 Å². The molecule has 0 spiro atoms. The molecule has 0 saturated heterocycles. The van der Waals surface area contributed by atoms with Crippen LogP contribution in [0.15, 0.2) is 186 Å². The van der Waals surface area contributed by atoms with Crippen molar-refractivity contribution < 1.29 is 4.42 Å². The van der Waals surface area contributed by atoms with Crippen LogP contribution in [0.1, 0.15) is 0 Å². The van der Waals surface area contributed by atoms with Gasteiger partial charge in [0.2, 0.25) is 0 Å². The maximum Gasteiger partial charge on any atom is 0.160 e. The van der Waals surface area contributed by atoms with Gasteiger partial charge in [-0.1, -0.05) is 109 Å². The average Bonchev–Trinajstić information content (AvgIpc) is 3.90. The van der Waals surface area contributed by atoms with Gasteiger partial charge >= 0.3 is 0 Å². The van der Waals surface area contributed by atoms with E-state index in [1.807, 2.05) is 30.3 Å². The molecule has 0 saturated carbocycles. The summed E-state index contributed by atoms with van der Waals surface area (Å²) in [4.78, 5) is 10.2. The smallest absolute Gasteiger partial charge is 0.160 e. The molecule has 0 aliphatic carbocycles. The van der Waals surface area contributed by atoms with Crippen LogP contribution >= 0.6 is 0 Å². The first-order valence-electron chi connectivity index (χ1n) is 18.6. The fourth-order valence-electron chi connectivity index (χ4n) is 8.68. The third-order valence-electron chi connectivity index (χ3n) is 11.1. The third-order valence-corrected chi connectivity index (χ3v) is 11.1. The summed E-state index contributed by atoms with van der Waals surface area (Å²) >= 11 is 0. The number of fused-ring (bicyclic) bond motifs is 11. The largest absolute Gasteiger partial charge is 0.456 e. The van der Waals surface area contributed by atoms with Gasteiger partial charge in [-0.2, -0.15) is 0 Å². The summed E-state index contributed by atoms with van der Waals surface area (Å²) in [7, 11) is 0. The lowest BCUT2D eigenvalue weighted by molar-refractivity contribution is 0.669. The minimum Gasteiger partial charge on any atom is -0.456 e. The third kappa shape index (κ3) is 4.41. The summed E-state index contributed by atoms with van der Waals surface area (Å²) in [6.45, 7) is 0. The summed E-state index contributed by atoms with van der Waals surface area (Å²) in [6.07, 6.45) is 0. The van der Waals surface area contributed by atoms with E-state index in [4.69, 9.17) is 14.4 Å². The van der Waals surface area contributed by atoms with Crippen molar-refractivity contribution in [3.63, 3.8) is 0 Å². The molecule has 0 unspecified atom stereocenters. The van der Waals surface area contributed by atoms with Gasteiger partial charge in [-0.25, -0.2) is 9.97 Å². The van der Waals surface area contributed by atoms with E-state index in [9.17, 15) is 0 Å². The Kier molecular flexibility index (Phi) is 6.27. The highest BCUT2D eigenvalue weighted by molar-refractivity contribution is 6.27. The van der Waals surface area contributed by atoms with Crippen LogP contribution in [0, 0.1) is 0 Å². The molecule has 4 heterocycles. The van der Waals surface area contributed by atoms with Crippen molar-refractivity contribution in [1.82, 2.24) is 19.1 Å². The molecule has 0 N–H and O–H groups in total. The number of para-hydroxylation sites is 4. The summed E-state index contributed by atoms with van der Waals surface area (Å²) in [6, 6.07) is 64.1. The summed E-state index contributed by atoms with van der Waals surface area (Å²) in [5.41, 5.74) is 12.5. The first-order valence-corrected chi connectivity index (χ1v) is 18.6. The Labute approximate surface area is 315 Å². The normalized spacial score (nSPS) is 12.0. The first kappa shape index (κ1) is 30.0. The van der Waals surface area contributed by atoms with E-state index in [-0.39, 0.29) is 0 Å². The summed E-state index contributed by atoms with van der Waals surface area (Å²) in [5, 5.41) is 8.12. The van der Waals surface area contributed by atoms with Crippen LogP contribution < -0.4 is 0 Å². The van der Waals surface area contributed by atoms with E-state index < -0.39 is 0 Å². The lowest BCUT2D eigenvalue weighted by Crippen LogP contribution is -1.97. The van der Waals surface area contributed by atoms with Crippen LogP contribution in [0.2, 0.25) is 0 Å². The maximum absolute atomic E-state index is 6.43. The number of furan rings is 1. The molecular weight excluding hydrogens is 673 g/mol. The SMILES string of the molecule is c1ccc(-c2nc(-c3ccc(-n4c5ccccc5c5c4ccc4c6cc7c(cc6n(-c6ccccc6)c45)oc4ccccc47)cc3)nc3ccccc23)cc1. The van der Waals surface area contributed by atoms with Gasteiger partial charge < -0.3 is 13.6 Å². The maximum atomic E-state index is 6.43. The number of hydrogen-bond donors (Lipinski definition) is 0. The standard InChI is InChI=1S/C50H30N4O/c1-3-13-31(14-4-1)48-37-18-7-10-20-41(37)51-50(52-48)32-23-25-34(26-24-32)53-42-21-11-8-19-38(42)47-43(53)28-27-36-39-29-40-35-17-9-12-22-45(35)55-46(40)30-44(39)54(49(36)47)33-15-5-2-6-16-33/h1-30H. The topological polar surface area (TPSA) is 48.8 Å². The van der Waals surface area contributed by atoms with Crippen molar-refractivity contribution >= 4 is 76.5 Å². The monoisotopic (exact) mass is 702 g/mol. The second-order valence-corrected chi connectivity index (χ2v) is 14.2. The highest BCUT2D eigenvalue weighted by Gasteiger charge is 2.22. The molecule has 0 amide bonds. The first-order chi connectivity index (χ1) is 27.3. The van der Waals surface area contributed by atoms with Crippen LogP contribution in [0.4, 0.5) is 0 Å². The molecule has 55 heavy (non-hydrogen) atoms. The van der Waals surface area contributed by atoms with Gasteiger partial charge in [-0.05, 0) is 66.7 Å². The fraction of sp³-hybridized carbons (Fsp3) is 0. The van der Waals surface area contributed by atoms with Crippen molar-refractivity contribution in [2.45, 2.75) is 0 Å². The molecule has 12 aromatic rings. The number of benzene rings is 8. The second kappa shape index (κ2) is 11.5. The average molecular weight is 703 g/mol. The number of hydrogen-bond acceptors (Lipinski definition) is 3. The molecule has 5 heteroatoms. The van der Waals surface area contributed by atoms with Gasteiger partial charge in [0.05, 0.1) is 33.3 Å². The quantitative estimate of drug-likeness (QED) is 0.183. The van der Waals surface area contributed by atoms with Gasteiger partial charge in [-0.3, -0.25) is 0 Å². The predicted molar refractivity (Wildman–Crippen MR) is 226 cm³/mol. The van der Waals surface area contributed by atoms with Gasteiger partial charge in [0.15, 0.2) is 5.82 Å². The lowest BCUT2D eigenvalue weighted by Gasteiger charge is -2.11. The van der Waals surface area contributed by atoms with Crippen molar-refractivity contribution in [3.05, 3.63) is 182 Å². The molecule has 8 aromatic carbocycles. The van der Waals surface area contributed by atoms with E-state index in [0.717, 1.165) is 77.6 Å². The Morgan fingerprint density at radius 3 is 1.91 bits per heavy atom. The number of nitrogens with zero attached hydrogens (tertiary/aromatic N) is 4. The van der Waals surface area contributed by atoms with E-state index in [2.05, 4.69) is 161 Å². The Morgan fingerprint density at radius 2 is 1.07 bits per heavy atom. The lowest BCUT2D eigenvalue weighted by atomic mass is 10.1. The van der Waals surface area contributed by atoms with Crippen molar-refractivity contribution in [1.29, 1.82) is 0 Å². The predicted octanol–water partition coefficient (Wildman–Crippen LogP) is 13.1. The van der Waals surface area contributed by atoms with E-state index in [1.165, 1.54) is 27.1 Å². The molecule has 4 aromatic heterocycles. The molecule has 0 atom stereocenters. The van der Waals surface area contributed by atoms with Gasteiger partial charge in [-0.15, -0.1) is 0 Å². The van der Waals surface area contributed by atoms with Gasteiger partial charge in [0, 0.05) is 66.3 Å². The Hall–Kier alpha value is -7.50. The minimum absolute atomic E-state index is 0.707. The Balaban J connectivity index is 1.10. The fourth-order valence-corrected chi connectivity index (χ4v) is 8.68. The van der Waals surface area contributed by atoms with Crippen molar-refractivity contribution in [2.24, 2.45) is 0 Å². The molecule has 0 bridgehead atoms. The summed E-state index contributed by atoms with van der Waals surface area (Å²) in [5.74, 6) is 0.707. The molecule has 0 aliphatic heterocycles.